The smallest absolute Gasteiger partial charge is 0.262 e. The number of nitrogens with zero attached hydrogens (tertiary/aromatic N) is 1. The van der Waals surface area contributed by atoms with E-state index in [4.69, 9.17) is 14.7 Å². The van der Waals surface area contributed by atoms with Crippen molar-refractivity contribution >= 4 is 11.6 Å². The molecule has 0 atom stereocenters. The van der Waals surface area contributed by atoms with Crippen LogP contribution in [-0.4, -0.2) is 19.1 Å². The van der Waals surface area contributed by atoms with Crippen LogP contribution in [0.25, 0.3) is 0 Å². The van der Waals surface area contributed by atoms with E-state index in [9.17, 15) is 4.79 Å². The van der Waals surface area contributed by atoms with Crippen LogP contribution in [0.2, 0.25) is 0 Å². The molecule has 1 aromatic carbocycles. The van der Waals surface area contributed by atoms with E-state index in [1.165, 1.54) is 0 Å². The van der Waals surface area contributed by atoms with Gasteiger partial charge in [0.05, 0.1) is 18.1 Å². The average Bonchev–Trinajstić information content (AvgIpc) is 2.44. The molecule has 0 aromatic heterocycles. The highest BCUT2D eigenvalue weighted by Gasteiger charge is 2.20. The molecule has 1 aliphatic heterocycles. The molecule has 20 heavy (non-hydrogen) atoms. The standard InChI is InChI=1S/C15H18N2O3/c1-15(2,10-16)7-4-8-19-11-5-3-6-12-14(11)17-13(18)9-20-12/h3,5-6H,4,7-9H2,1-2H3,(H,17,18). The van der Waals surface area contributed by atoms with Crippen LogP contribution in [0.15, 0.2) is 18.2 Å². The van der Waals surface area contributed by atoms with Gasteiger partial charge >= 0.3 is 0 Å². The first-order valence-electron chi connectivity index (χ1n) is 6.61. The number of amides is 1. The zero-order valence-electron chi connectivity index (χ0n) is 11.7. The molecule has 5 nitrogen and oxygen atoms in total. The molecule has 0 saturated heterocycles. The summed E-state index contributed by atoms with van der Waals surface area (Å²) < 4.78 is 11.0. The third-order valence-corrected chi connectivity index (χ3v) is 3.12. The molecule has 1 aromatic rings. The topological polar surface area (TPSA) is 71.3 Å². The largest absolute Gasteiger partial charge is 0.491 e. The van der Waals surface area contributed by atoms with E-state index in [0.717, 1.165) is 12.8 Å². The zero-order chi connectivity index (χ0) is 14.6. The van der Waals surface area contributed by atoms with Crippen molar-refractivity contribution in [3.05, 3.63) is 18.2 Å². The third-order valence-electron chi connectivity index (χ3n) is 3.12. The Morgan fingerprint density at radius 1 is 1.50 bits per heavy atom. The van der Waals surface area contributed by atoms with Crippen LogP contribution in [0, 0.1) is 16.7 Å². The second-order valence-corrected chi connectivity index (χ2v) is 5.41. The number of rotatable bonds is 5. The zero-order valence-corrected chi connectivity index (χ0v) is 11.7. The van der Waals surface area contributed by atoms with Crippen molar-refractivity contribution in [1.82, 2.24) is 0 Å². The lowest BCUT2D eigenvalue weighted by Crippen LogP contribution is -2.25. The number of carbonyl (C=O) groups is 1. The molecule has 2 rings (SSSR count). The van der Waals surface area contributed by atoms with Crippen LogP contribution in [-0.2, 0) is 4.79 Å². The number of anilines is 1. The highest BCUT2D eigenvalue weighted by atomic mass is 16.5. The first-order chi connectivity index (χ1) is 9.52. The van der Waals surface area contributed by atoms with E-state index in [1.54, 1.807) is 12.1 Å². The molecule has 106 valence electrons. The Labute approximate surface area is 118 Å². The van der Waals surface area contributed by atoms with Crippen LogP contribution in [0.3, 0.4) is 0 Å². The minimum atomic E-state index is -0.337. The van der Waals surface area contributed by atoms with Gasteiger partial charge in [-0.15, -0.1) is 0 Å². The molecule has 0 spiro atoms. The molecule has 0 aliphatic carbocycles. The van der Waals surface area contributed by atoms with Gasteiger partial charge in [-0.05, 0) is 38.8 Å². The predicted octanol–water partition coefficient (Wildman–Crippen LogP) is 2.73. The van der Waals surface area contributed by atoms with Gasteiger partial charge in [-0.25, -0.2) is 0 Å². The Kier molecular flexibility index (Phi) is 4.14. The fraction of sp³-hybridized carbons (Fsp3) is 0.467. The molecule has 0 bridgehead atoms. The maximum Gasteiger partial charge on any atom is 0.262 e. The summed E-state index contributed by atoms with van der Waals surface area (Å²) in [6, 6.07) is 7.67. The number of hydrogen-bond acceptors (Lipinski definition) is 4. The van der Waals surface area contributed by atoms with Crippen molar-refractivity contribution < 1.29 is 14.3 Å². The van der Waals surface area contributed by atoms with Gasteiger partial charge in [0.25, 0.3) is 5.91 Å². The van der Waals surface area contributed by atoms with E-state index < -0.39 is 0 Å². The van der Waals surface area contributed by atoms with Crippen LogP contribution in [0.1, 0.15) is 26.7 Å². The summed E-state index contributed by atoms with van der Waals surface area (Å²) in [5.41, 5.74) is 0.250. The molecular formula is C15H18N2O3. The summed E-state index contributed by atoms with van der Waals surface area (Å²) >= 11 is 0. The van der Waals surface area contributed by atoms with Crippen molar-refractivity contribution in [3.63, 3.8) is 0 Å². The summed E-state index contributed by atoms with van der Waals surface area (Å²) in [5.74, 6) is 1.05. The monoisotopic (exact) mass is 274 g/mol. The maximum atomic E-state index is 11.4. The Bertz CT molecular complexity index is 547. The molecular weight excluding hydrogens is 256 g/mol. The lowest BCUT2D eigenvalue weighted by molar-refractivity contribution is -0.118. The van der Waals surface area contributed by atoms with E-state index in [0.29, 0.717) is 23.8 Å². The van der Waals surface area contributed by atoms with E-state index in [2.05, 4.69) is 11.4 Å². The lowest BCUT2D eigenvalue weighted by Gasteiger charge is -2.21. The predicted molar refractivity (Wildman–Crippen MR) is 74.7 cm³/mol. The fourth-order valence-corrected chi connectivity index (χ4v) is 1.95. The summed E-state index contributed by atoms with van der Waals surface area (Å²) in [7, 11) is 0. The molecule has 0 radical (unpaired) electrons. The van der Waals surface area contributed by atoms with E-state index >= 15 is 0 Å². The quantitative estimate of drug-likeness (QED) is 0.838. The maximum absolute atomic E-state index is 11.4. The SMILES string of the molecule is CC(C)(C#N)CCCOc1cccc2c1NC(=O)CO2. The number of nitrogens with one attached hydrogen (secondary N) is 1. The lowest BCUT2D eigenvalue weighted by atomic mass is 9.90. The van der Waals surface area contributed by atoms with Gasteiger partial charge in [0.2, 0.25) is 0 Å². The van der Waals surface area contributed by atoms with Crippen LogP contribution >= 0.6 is 0 Å². The van der Waals surface area contributed by atoms with Gasteiger partial charge < -0.3 is 14.8 Å². The van der Waals surface area contributed by atoms with E-state index in [-0.39, 0.29) is 17.9 Å². The molecule has 1 heterocycles. The van der Waals surface area contributed by atoms with Crippen LogP contribution in [0.5, 0.6) is 11.5 Å². The van der Waals surface area contributed by atoms with Gasteiger partial charge in [-0.3, -0.25) is 4.79 Å². The molecule has 0 saturated carbocycles. The highest BCUT2D eigenvalue weighted by Crippen LogP contribution is 2.36. The van der Waals surface area contributed by atoms with Crippen molar-refractivity contribution in [1.29, 1.82) is 5.26 Å². The second kappa shape index (κ2) is 5.83. The number of nitriles is 1. The Morgan fingerprint density at radius 3 is 3.05 bits per heavy atom. The van der Waals surface area contributed by atoms with Gasteiger partial charge in [-0.2, -0.15) is 5.26 Å². The van der Waals surface area contributed by atoms with Crippen molar-refractivity contribution in [2.24, 2.45) is 5.41 Å². The normalized spacial score (nSPS) is 13.8. The molecule has 0 unspecified atom stereocenters. The first-order valence-corrected chi connectivity index (χ1v) is 6.61. The molecule has 5 heteroatoms. The average molecular weight is 274 g/mol. The van der Waals surface area contributed by atoms with Gasteiger partial charge in [0.1, 0.15) is 17.2 Å². The number of benzene rings is 1. The summed E-state index contributed by atoms with van der Waals surface area (Å²) in [4.78, 5) is 11.4. The van der Waals surface area contributed by atoms with Crippen molar-refractivity contribution in [3.8, 4) is 17.6 Å². The van der Waals surface area contributed by atoms with Crippen molar-refractivity contribution in [2.75, 3.05) is 18.5 Å². The Morgan fingerprint density at radius 2 is 2.30 bits per heavy atom. The number of hydrogen-bond donors (Lipinski definition) is 1. The molecule has 1 amide bonds. The molecule has 0 fully saturated rings. The summed E-state index contributed by atoms with van der Waals surface area (Å²) in [6.45, 7) is 4.35. The molecule has 1 aliphatic rings. The highest BCUT2D eigenvalue weighted by molar-refractivity contribution is 5.97. The van der Waals surface area contributed by atoms with Crippen molar-refractivity contribution in [2.45, 2.75) is 26.7 Å². The van der Waals surface area contributed by atoms with Gasteiger partial charge in [0, 0.05) is 0 Å². The van der Waals surface area contributed by atoms with Crippen LogP contribution < -0.4 is 14.8 Å². The Balaban J connectivity index is 1.94. The first kappa shape index (κ1) is 14.2. The van der Waals surface area contributed by atoms with Crippen LogP contribution in [0.4, 0.5) is 5.69 Å². The minimum Gasteiger partial charge on any atom is -0.491 e. The number of fused-ring (bicyclic) bond motifs is 1. The Hall–Kier alpha value is -2.22. The van der Waals surface area contributed by atoms with E-state index in [1.807, 2.05) is 19.9 Å². The summed E-state index contributed by atoms with van der Waals surface area (Å²) in [5, 5.41) is 11.7. The number of carbonyl (C=O) groups excluding carboxylic acids is 1. The number of para-hydroxylation sites is 1. The molecule has 1 N–H and O–H groups in total. The van der Waals surface area contributed by atoms with Gasteiger partial charge in [-0.1, -0.05) is 6.07 Å². The second-order valence-electron chi connectivity index (χ2n) is 5.41. The van der Waals surface area contributed by atoms with Gasteiger partial charge in [0.15, 0.2) is 6.61 Å². The third kappa shape index (κ3) is 3.41. The number of ether oxygens (including phenoxy) is 2. The summed E-state index contributed by atoms with van der Waals surface area (Å²) in [6.07, 6.45) is 1.54. The fourth-order valence-electron chi connectivity index (χ4n) is 1.95. The minimum absolute atomic E-state index is 0.0345.